The Morgan fingerprint density at radius 3 is 2.45 bits per heavy atom. The van der Waals surface area contributed by atoms with Crippen LogP contribution in [0.2, 0.25) is 0 Å². The van der Waals surface area contributed by atoms with Crippen molar-refractivity contribution in [2.75, 3.05) is 13.2 Å². The van der Waals surface area contributed by atoms with Gasteiger partial charge in [0.2, 0.25) is 10.0 Å². The lowest BCUT2D eigenvalue weighted by Gasteiger charge is -2.39. The summed E-state index contributed by atoms with van der Waals surface area (Å²) in [5.74, 6) is -1.06. The third kappa shape index (κ3) is 5.08. The highest BCUT2D eigenvalue weighted by molar-refractivity contribution is 9.10. The summed E-state index contributed by atoms with van der Waals surface area (Å²) in [7, 11) is -3.76. The number of fused-ring (bicyclic) bond motifs is 2. The van der Waals surface area contributed by atoms with Gasteiger partial charge in [0, 0.05) is 22.6 Å². The van der Waals surface area contributed by atoms with Gasteiger partial charge in [-0.3, -0.25) is 4.79 Å². The lowest BCUT2D eigenvalue weighted by atomic mass is 9.65. The smallest absolute Gasteiger partial charge is 0.338 e. The first-order valence-electron chi connectivity index (χ1n) is 11.0. The average molecular weight is 534 g/mol. The molecule has 1 aliphatic heterocycles. The molecule has 4 rings (SSSR count). The van der Waals surface area contributed by atoms with E-state index < -0.39 is 22.6 Å². The molecule has 2 aromatic carbocycles. The van der Waals surface area contributed by atoms with Crippen molar-refractivity contribution in [1.29, 1.82) is 0 Å². The lowest BCUT2D eigenvalue weighted by molar-refractivity contribution is 0.0474. The van der Waals surface area contributed by atoms with Crippen molar-refractivity contribution in [3.63, 3.8) is 0 Å². The molecular formula is C25H28BrNO5S. The molecule has 2 atom stereocenters. The van der Waals surface area contributed by atoms with Crippen LogP contribution in [0.15, 0.2) is 57.9 Å². The van der Waals surface area contributed by atoms with Gasteiger partial charge in [0.15, 0.2) is 12.4 Å². The molecule has 33 heavy (non-hydrogen) atoms. The predicted octanol–water partition coefficient (Wildman–Crippen LogP) is 5.08. The molecule has 1 saturated heterocycles. The molecule has 176 valence electrons. The van der Waals surface area contributed by atoms with Crippen molar-refractivity contribution in [2.45, 2.75) is 51.0 Å². The number of ether oxygens (including phenoxy) is 1. The van der Waals surface area contributed by atoms with E-state index in [0.29, 0.717) is 12.1 Å². The first-order chi connectivity index (χ1) is 15.4. The number of esters is 1. The Morgan fingerprint density at radius 1 is 1.06 bits per heavy atom. The number of carbonyl (C=O) groups excluding carboxylic acids is 2. The standard InChI is InChI=1S/C25H28BrNO5S/c1-24(2)12-20-13-25(3,15-24)16-27(20)33(30,31)21-6-4-5-18(11-21)23(29)32-14-22(28)17-7-9-19(26)10-8-17/h4-11,20H,12-16H2,1-3H3. The summed E-state index contributed by atoms with van der Waals surface area (Å²) in [5.41, 5.74) is 0.588. The fourth-order valence-electron chi connectivity index (χ4n) is 5.54. The third-order valence-electron chi connectivity index (χ3n) is 6.54. The van der Waals surface area contributed by atoms with Crippen LogP contribution in [0, 0.1) is 10.8 Å². The Balaban J connectivity index is 1.48. The number of hydrogen-bond donors (Lipinski definition) is 0. The molecule has 0 radical (unpaired) electrons. The molecule has 2 aromatic rings. The maximum atomic E-state index is 13.5. The first kappa shape index (κ1) is 24.1. The molecule has 2 aliphatic rings. The Kier molecular flexibility index (Phi) is 6.31. The lowest BCUT2D eigenvalue weighted by Crippen LogP contribution is -2.37. The number of rotatable bonds is 6. The van der Waals surface area contributed by atoms with Crippen LogP contribution >= 0.6 is 15.9 Å². The van der Waals surface area contributed by atoms with Crippen LogP contribution in [0.3, 0.4) is 0 Å². The van der Waals surface area contributed by atoms with Gasteiger partial charge in [-0.1, -0.05) is 54.9 Å². The van der Waals surface area contributed by atoms with Crippen molar-refractivity contribution in [1.82, 2.24) is 4.31 Å². The summed E-state index contributed by atoms with van der Waals surface area (Å²) >= 11 is 3.31. The highest BCUT2D eigenvalue weighted by atomic mass is 79.9. The van der Waals surface area contributed by atoms with Crippen molar-refractivity contribution in [3.05, 3.63) is 64.1 Å². The number of benzene rings is 2. The first-order valence-corrected chi connectivity index (χ1v) is 13.2. The SMILES string of the molecule is CC1(C)CC2CC(C)(CN2S(=O)(=O)c2cccc(C(=O)OCC(=O)c3ccc(Br)cc3)c2)C1. The second-order valence-corrected chi connectivity index (χ2v) is 13.1. The minimum Gasteiger partial charge on any atom is -0.454 e. The molecule has 0 aromatic heterocycles. The molecule has 2 unspecified atom stereocenters. The van der Waals surface area contributed by atoms with Gasteiger partial charge in [-0.15, -0.1) is 0 Å². The van der Waals surface area contributed by atoms with Gasteiger partial charge in [0.05, 0.1) is 10.5 Å². The predicted molar refractivity (Wildman–Crippen MR) is 129 cm³/mol. The van der Waals surface area contributed by atoms with E-state index in [9.17, 15) is 18.0 Å². The van der Waals surface area contributed by atoms with Gasteiger partial charge < -0.3 is 4.74 Å². The molecule has 6 nitrogen and oxygen atoms in total. The minimum atomic E-state index is -3.76. The van der Waals surface area contributed by atoms with Gasteiger partial charge in [-0.2, -0.15) is 4.31 Å². The van der Waals surface area contributed by atoms with Crippen molar-refractivity contribution in [2.24, 2.45) is 10.8 Å². The number of ketones is 1. The van der Waals surface area contributed by atoms with Crippen LogP contribution in [0.4, 0.5) is 0 Å². The fraction of sp³-hybridized carbons (Fsp3) is 0.440. The summed E-state index contributed by atoms with van der Waals surface area (Å²) < 4.78 is 34.6. The molecule has 0 amide bonds. The monoisotopic (exact) mass is 533 g/mol. The van der Waals surface area contributed by atoms with Crippen LogP contribution < -0.4 is 0 Å². The van der Waals surface area contributed by atoms with E-state index in [0.717, 1.165) is 23.7 Å². The highest BCUT2D eigenvalue weighted by Gasteiger charge is 2.53. The molecule has 0 N–H and O–H groups in total. The van der Waals surface area contributed by atoms with Crippen LogP contribution in [0.1, 0.15) is 60.7 Å². The van der Waals surface area contributed by atoms with Gasteiger partial charge in [0.1, 0.15) is 0 Å². The fourth-order valence-corrected chi connectivity index (χ4v) is 7.63. The Morgan fingerprint density at radius 2 is 1.76 bits per heavy atom. The average Bonchev–Trinajstić information content (AvgIpc) is 3.01. The van der Waals surface area contributed by atoms with Crippen LogP contribution in [0.5, 0.6) is 0 Å². The number of halogens is 1. The Bertz CT molecular complexity index is 1190. The zero-order valence-corrected chi connectivity index (χ0v) is 21.4. The summed E-state index contributed by atoms with van der Waals surface area (Å²) in [4.78, 5) is 24.9. The van der Waals surface area contributed by atoms with Gasteiger partial charge in [0.25, 0.3) is 0 Å². The van der Waals surface area contributed by atoms with Gasteiger partial charge in [-0.05, 0) is 60.4 Å². The number of nitrogens with zero attached hydrogens (tertiary/aromatic N) is 1. The van der Waals surface area contributed by atoms with E-state index in [1.54, 1.807) is 28.6 Å². The van der Waals surface area contributed by atoms with E-state index in [1.807, 2.05) is 0 Å². The second kappa shape index (κ2) is 8.64. The minimum absolute atomic E-state index is 0.0383. The number of carbonyl (C=O) groups is 2. The normalized spacial score (nSPS) is 24.4. The number of Topliss-reactive ketones (excluding diaryl/α,β-unsaturated/α-hetero) is 1. The molecule has 2 fully saturated rings. The molecular weight excluding hydrogens is 506 g/mol. The van der Waals surface area contributed by atoms with Crippen LogP contribution in [-0.2, 0) is 14.8 Å². The van der Waals surface area contributed by atoms with Crippen molar-refractivity contribution >= 4 is 37.7 Å². The summed E-state index contributed by atoms with van der Waals surface area (Å²) in [5, 5.41) is 0. The molecule has 8 heteroatoms. The van der Waals surface area contributed by atoms with Gasteiger partial charge >= 0.3 is 5.97 Å². The van der Waals surface area contributed by atoms with Gasteiger partial charge in [-0.25, -0.2) is 13.2 Å². The quantitative estimate of drug-likeness (QED) is 0.382. The highest BCUT2D eigenvalue weighted by Crippen LogP contribution is 2.53. The molecule has 1 saturated carbocycles. The summed E-state index contributed by atoms with van der Waals surface area (Å²) in [6.07, 6.45) is 2.67. The Labute approximate surface area is 203 Å². The van der Waals surface area contributed by atoms with E-state index >= 15 is 0 Å². The largest absolute Gasteiger partial charge is 0.454 e. The molecule has 1 aliphatic carbocycles. The van der Waals surface area contributed by atoms with E-state index in [1.165, 1.54) is 24.3 Å². The van der Waals surface area contributed by atoms with Crippen molar-refractivity contribution < 1.29 is 22.7 Å². The molecule has 2 bridgehead atoms. The zero-order valence-electron chi connectivity index (χ0n) is 19.0. The third-order valence-corrected chi connectivity index (χ3v) is 8.97. The zero-order chi connectivity index (χ0) is 24.0. The number of sulfonamides is 1. The van der Waals surface area contributed by atoms with E-state index in [2.05, 4.69) is 36.7 Å². The van der Waals surface area contributed by atoms with E-state index in [-0.39, 0.29) is 33.1 Å². The second-order valence-electron chi connectivity index (χ2n) is 10.3. The van der Waals surface area contributed by atoms with Crippen molar-refractivity contribution in [3.8, 4) is 0 Å². The van der Waals surface area contributed by atoms with E-state index in [4.69, 9.17) is 4.74 Å². The van der Waals surface area contributed by atoms with Crippen LogP contribution in [-0.4, -0.2) is 43.7 Å². The summed E-state index contributed by atoms with van der Waals surface area (Å²) in [6, 6.07) is 12.6. The Hall–Kier alpha value is -2.03. The maximum Gasteiger partial charge on any atom is 0.338 e. The summed E-state index contributed by atoms with van der Waals surface area (Å²) in [6.45, 7) is 6.62. The van der Waals surface area contributed by atoms with Crippen LogP contribution in [0.25, 0.3) is 0 Å². The number of hydrogen-bond acceptors (Lipinski definition) is 5. The maximum absolute atomic E-state index is 13.5. The topological polar surface area (TPSA) is 80.8 Å². The molecule has 1 heterocycles. The molecule has 0 spiro atoms.